The van der Waals surface area contributed by atoms with Crippen LogP contribution in [0.4, 0.5) is 5.82 Å². The van der Waals surface area contributed by atoms with Crippen molar-refractivity contribution >= 4 is 11.8 Å². The summed E-state index contributed by atoms with van der Waals surface area (Å²) in [5.74, 6) is 2.63. The summed E-state index contributed by atoms with van der Waals surface area (Å²) in [5, 5.41) is 3.43. The van der Waals surface area contributed by atoms with E-state index >= 15 is 0 Å². The smallest absolute Gasteiger partial charge is 0.213 e. The third-order valence-electron chi connectivity index (χ3n) is 4.47. The fourth-order valence-corrected chi connectivity index (χ4v) is 3.01. The van der Waals surface area contributed by atoms with Crippen molar-refractivity contribution in [3.63, 3.8) is 0 Å². The molecule has 3 rings (SSSR count). The molecular formula is C20H28N6O. The molecule has 2 aromatic rings. The second kappa shape index (κ2) is 9.75. The van der Waals surface area contributed by atoms with Crippen LogP contribution in [0.3, 0.4) is 0 Å². The third kappa shape index (κ3) is 5.32. The first-order chi connectivity index (χ1) is 13.3. The topological polar surface area (TPSA) is 65.9 Å². The zero-order chi connectivity index (χ0) is 18.9. The van der Waals surface area contributed by atoms with Gasteiger partial charge in [0.2, 0.25) is 5.88 Å². The minimum absolute atomic E-state index is 0.677. The quantitative estimate of drug-likeness (QED) is 0.623. The summed E-state index contributed by atoms with van der Waals surface area (Å²) in [6, 6.07) is 9.99. The number of nitrogens with one attached hydrogen (secondary N) is 1. The number of pyridine rings is 2. The first-order valence-electron chi connectivity index (χ1n) is 9.49. The highest BCUT2D eigenvalue weighted by Crippen LogP contribution is 2.13. The molecule has 1 aliphatic rings. The van der Waals surface area contributed by atoms with E-state index in [4.69, 9.17) is 4.74 Å². The Morgan fingerprint density at radius 3 is 2.63 bits per heavy atom. The maximum absolute atomic E-state index is 5.53. The van der Waals surface area contributed by atoms with E-state index in [1.54, 1.807) is 0 Å². The van der Waals surface area contributed by atoms with Crippen LogP contribution in [-0.2, 0) is 6.54 Å². The number of aromatic nitrogens is 2. The molecule has 1 fully saturated rings. The molecule has 0 spiro atoms. The molecule has 3 heterocycles. The average molecular weight is 368 g/mol. The standard InChI is InChI=1S/C20H28N6O/c1-3-14-27-19-8-7-17(15-23-19)16-24-20(21-2)26-12-10-25(11-13-26)18-6-4-5-9-22-18/h4-9,15H,3,10-14,16H2,1-2H3,(H,21,24). The number of ether oxygens (including phenoxy) is 1. The average Bonchev–Trinajstić information content (AvgIpc) is 2.74. The SMILES string of the molecule is CCCOc1ccc(CNC(=NC)N2CCN(c3ccccn3)CC2)cn1. The predicted octanol–water partition coefficient (Wildman–Crippen LogP) is 2.16. The van der Waals surface area contributed by atoms with Crippen molar-refractivity contribution in [2.45, 2.75) is 19.9 Å². The molecule has 7 nitrogen and oxygen atoms in total. The number of piperazine rings is 1. The summed E-state index contributed by atoms with van der Waals surface area (Å²) in [4.78, 5) is 17.8. The Morgan fingerprint density at radius 1 is 1.15 bits per heavy atom. The highest BCUT2D eigenvalue weighted by atomic mass is 16.5. The van der Waals surface area contributed by atoms with Gasteiger partial charge in [-0.25, -0.2) is 9.97 Å². The van der Waals surface area contributed by atoms with E-state index in [2.05, 4.69) is 43.1 Å². The van der Waals surface area contributed by atoms with Gasteiger partial charge in [0.1, 0.15) is 5.82 Å². The highest BCUT2D eigenvalue weighted by Gasteiger charge is 2.20. The largest absolute Gasteiger partial charge is 0.478 e. The zero-order valence-corrected chi connectivity index (χ0v) is 16.1. The van der Waals surface area contributed by atoms with Gasteiger partial charge in [-0.2, -0.15) is 0 Å². The molecule has 2 aromatic heterocycles. The van der Waals surface area contributed by atoms with Gasteiger partial charge >= 0.3 is 0 Å². The molecule has 0 aromatic carbocycles. The molecule has 0 saturated carbocycles. The van der Waals surface area contributed by atoms with Crippen LogP contribution in [0.1, 0.15) is 18.9 Å². The predicted molar refractivity (Wildman–Crippen MR) is 108 cm³/mol. The van der Waals surface area contributed by atoms with Gasteiger partial charge in [-0.1, -0.05) is 19.1 Å². The molecule has 0 atom stereocenters. The Bertz CT molecular complexity index is 711. The van der Waals surface area contributed by atoms with Crippen LogP contribution in [-0.4, -0.2) is 60.7 Å². The van der Waals surface area contributed by atoms with Crippen molar-refractivity contribution in [2.75, 3.05) is 44.7 Å². The molecular weight excluding hydrogens is 340 g/mol. The second-order valence-corrected chi connectivity index (χ2v) is 6.42. The molecule has 0 unspecified atom stereocenters. The number of guanidine groups is 1. The van der Waals surface area contributed by atoms with E-state index in [1.807, 2.05) is 43.7 Å². The van der Waals surface area contributed by atoms with Crippen LogP contribution in [0.5, 0.6) is 5.88 Å². The van der Waals surface area contributed by atoms with E-state index < -0.39 is 0 Å². The Labute approximate surface area is 161 Å². The van der Waals surface area contributed by atoms with Gasteiger partial charge in [0.05, 0.1) is 6.61 Å². The third-order valence-corrected chi connectivity index (χ3v) is 4.47. The summed E-state index contributed by atoms with van der Waals surface area (Å²) in [5.41, 5.74) is 1.10. The summed E-state index contributed by atoms with van der Waals surface area (Å²) in [6.45, 7) is 7.16. The summed E-state index contributed by atoms with van der Waals surface area (Å²) in [7, 11) is 1.83. The zero-order valence-electron chi connectivity index (χ0n) is 16.1. The van der Waals surface area contributed by atoms with Crippen LogP contribution in [0.2, 0.25) is 0 Å². The second-order valence-electron chi connectivity index (χ2n) is 6.42. The monoisotopic (exact) mass is 368 g/mol. The molecule has 144 valence electrons. The maximum Gasteiger partial charge on any atom is 0.213 e. The van der Waals surface area contributed by atoms with Crippen LogP contribution in [0.15, 0.2) is 47.7 Å². The number of aliphatic imine (C=N–C) groups is 1. The van der Waals surface area contributed by atoms with Gasteiger partial charge in [-0.15, -0.1) is 0 Å². The lowest BCUT2D eigenvalue weighted by atomic mass is 10.3. The van der Waals surface area contributed by atoms with Gasteiger partial charge in [0, 0.05) is 58.2 Å². The van der Waals surface area contributed by atoms with E-state index in [0.717, 1.165) is 49.9 Å². The van der Waals surface area contributed by atoms with Crippen LogP contribution in [0, 0.1) is 0 Å². The van der Waals surface area contributed by atoms with Crippen molar-refractivity contribution in [2.24, 2.45) is 4.99 Å². The van der Waals surface area contributed by atoms with Crippen molar-refractivity contribution in [1.82, 2.24) is 20.2 Å². The number of hydrogen-bond acceptors (Lipinski definition) is 5. The molecule has 0 radical (unpaired) electrons. The molecule has 7 heteroatoms. The van der Waals surface area contributed by atoms with E-state index in [1.165, 1.54) is 0 Å². The van der Waals surface area contributed by atoms with Crippen LogP contribution in [0.25, 0.3) is 0 Å². The molecule has 27 heavy (non-hydrogen) atoms. The van der Waals surface area contributed by atoms with E-state index in [-0.39, 0.29) is 0 Å². The summed E-state index contributed by atoms with van der Waals surface area (Å²) in [6.07, 6.45) is 4.67. The number of nitrogens with zero attached hydrogens (tertiary/aromatic N) is 5. The van der Waals surface area contributed by atoms with Gasteiger partial charge in [0.15, 0.2) is 5.96 Å². The lowest BCUT2D eigenvalue weighted by Gasteiger charge is -2.37. The minimum atomic E-state index is 0.677. The Balaban J connectivity index is 1.48. The van der Waals surface area contributed by atoms with Crippen molar-refractivity contribution in [3.8, 4) is 5.88 Å². The van der Waals surface area contributed by atoms with Gasteiger partial charge < -0.3 is 19.9 Å². The molecule has 1 aliphatic heterocycles. The Kier molecular flexibility index (Phi) is 6.84. The Morgan fingerprint density at radius 2 is 2.00 bits per heavy atom. The molecule has 0 amide bonds. The molecule has 1 saturated heterocycles. The highest BCUT2D eigenvalue weighted by molar-refractivity contribution is 5.80. The fourth-order valence-electron chi connectivity index (χ4n) is 3.01. The lowest BCUT2D eigenvalue weighted by molar-refractivity contribution is 0.305. The number of rotatable bonds is 6. The van der Waals surface area contributed by atoms with Crippen molar-refractivity contribution in [3.05, 3.63) is 48.3 Å². The number of anilines is 1. The normalized spacial score (nSPS) is 15.0. The van der Waals surface area contributed by atoms with Crippen LogP contribution >= 0.6 is 0 Å². The Hall–Kier alpha value is -2.83. The first-order valence-corrected chi connectivity index (χ1v) is 9.49. The number of hydrogen-bond donors (Lipinski definition) is 1. The summed E-state index contributed by atoms with van der Waals surface area (Å²) >= 11 is 0. The van der Waals surface area contributed by atoms with E-state index in [9.17, 15) is 0 Å². The lowest BCUT2D eigenvalue weighted by Crippen LogP contribution is -2.52. The summed E-state index contributed by atoms with van der Waals surface area (Å²) < 4.78 is 5.53. The fraction of sp³-hybridized carbons (Fsp3) is 0.450. The molecule has 0 bridgehead atoms. The molecule has 0 aliphatic carbocycles. The van der Waals surface area contributed by atoms with Gasteiger partial charge in [-0.05, 0) is 24.1 Å². The maximum atomic E-state index is 5.53. The van der Waals surface area contributed by atoms with Crippen LogP contribution < -0.4 is 15.0 Å². The minimum Gasteiger partial charge on any atom is -0.478 e. The van der Waals surface area contributed by atoms with E-state index in [0.29, 0.717) is 19.0 Å². The van der Waals surface area contributed by atoms with Crippen molar-refractivity contribution in [1.29, 1.82) is 0 Å². The first kappa shape index (κ1) is 18.9. The van der Waals surface area contributed by atoms with Gasteiger partial charge in [0.25, 0.3) is 0 Å². The van der Waals surface area contributed by atoms with Crippen molar-refractivity contribution < 1.29 is 4.74 Å². The van der Waals surface area contributed by atoms with Gasteiger partial charge in [-0.3, -0.25) is 4.99 Å². The molecule has 1 N–H and O–H groups in total.